The van der Waals surface area contributed by atoms with Gasteiger partial charge in [-0.25, -0.2) is 9.78 Å². The zero-order valence-electron chi connectivity index (χ0n) is 12.0. The molecule has 4 nitrogen and oxygen atoms in total. The second-order valence-electron chi connectivity index (χ2n) is 5.70. The van der Waals surface area contributed by atoms with E-state index in [0.717, 1.165) is 29.4 Å². The summed E-state index contributed by atoms with van der Waals surface area (Å²) >= 11 is 0. The Morgan fingerprint density at radius 2 is 1.76 bits per heavy atom. The molecule has 3 rings (SSSR count). The smallest absolute Gasteiger partial charge is 0.337 e. The molecule has 0 amide bonds. The van der Waals surface area contributed by atoms with Gasteiger partial charge in [-0.15, -0.1) is 0 Å². The molecule has 0 saturated heterocycles. The molecular weight excluding hydrogens is 264 g/mol. The summed E-state index contributed by atoms with van der Waals surface area (Å²) in [5, 5.41) is 14.4. The molecule has 1 heterocycles. The molecule has 0 atom stereocenters. The second-order valence-corrected chi connectivity index (χ2v) is 5.70. The highest BCUT2D eigenvalue weighted by Gasteiger charge is 2.16. The van der Waals surface area contributed by atoms with Crippen LogP contribution in [0.5, 0.6) is 0 Å². The van der Waals surface area contributed by atoms with E-state index in [0.29, 0.717) is 6.04 Å². The average Bonchev–Trinajstić information content (AvgIpc) is 2.76. The first-order valence-electron chi connectivity index (χ1n) is 7.63. The Kier molecular flexibility index (Phi) is 4.04. The van der Waals surface area contributed by atoms with Gasteiger partial charge in [0.15, 0.2) is 0 Å². The fraction of sp³-hybridized carbons (Fsp3) is 0.412. The zero-order chi connectivity index (χ0) is 14.7. The minimum atomic E-state index is -0.931. The van der Waals surface area contributed by atoms with Gasteiger partial charge in [-0.05, 0) is 12.8 Å². The highest BCUT2D eigenvalue weighted by Crippen LogP contribution is 2.27. The van der Waals surface area contributed by atoms with Crippen LogP contribution in [-0.4, -0.2) is 22.1 Å². The molecule has 0 unspecified atom stereocenters. The van der Waals surface area contributed by atoms with Gasteiger partial charge >= 0.3 is 5.97 Å². The van der Waals surface area contributed by atoms with E-state index >= 15 is 0 Å². The van der Waals surface area contributed by atoms with Crippen LogP contribution in [0, 0.1) is 0 Å². The largest absolute Gasteiger partial charge is 0.478 e. The lowest BCUT2D eigenvalue weighted by Crippen LogP contribution is -2.19. The minimum Gasteiger partial charge on any atom is -0.478 e. The number of rotatable bonds is 3. The molecule has 1 aromatic heterocycles. The number of aromatic carboxylic acids is 1. The zero-order valence-corrected chi connectivity index (χ0v) is 12.0. The maximum absolute atomic E-state index is 11.3. The summed E-state index contributed by atoms with van der Waals surface area (Å²) in [6.45, 7) is 0. The topological polar surface area (TPSA) is 62.2 Å². The standard InChI is InChI=1S/C17H20N2O2/c20-17(21)15-11-18-16(14-10-6-5-9-13(14)15)19-12-7-3-1-2-4-8-12/h5-6,9-12H,1-4,7-8H2,(H,18,19)(H,20,21). The molecule has 0 spiro atoms. The van der Waals surface area contributed by atoms with Crippen molar-refractivity contribution in [2.24, 2.45) is 0 Å². The number of carboxylic acid groups (broad SMARTS) is 1. The number of nitrogens with zero attached hydrogens (tertiary/aromatic N) is 1. The summed E-state index contributed by atoms with van der Waals surface area (Å²) in [4.78, 5) is 15.7. The second kappa shape index (κ2) is 6.12. The fourth-order valence-corrected chi connectivity index (χ4v) is 3.10. The molecule has 1 aromatic carbocycles. The van der Waals surface area contributed by atoms with E-state index in [2.05, 4.69) is 10.3 Å². The molecule has 4 heteroatoms. The van der Waals surface area contributed by atoms with E-state index in [1.54, 1.807) is 0 Å². The number of nitrogens with one attached hydrogen (secondary N) is 1. The first-order chi connectivity index (χ1) is 10.3. The van der Waals surface area contributed by atoms with Gasteiger partial charge in [0, 0.05) is 23.0 Å². The number of fused-ring (bicyclic) bond motifs is 1. The SMILES string of the molecule is O=C(O)c1cnc(NC2CCCCCC2)c2ccccc12. The van der Waals surface area contributed by atoms with Gasteiger partial charge in [0.25, 0.3) is 0 Å². The van der Waals surface area contributed by atoms with Crippen molar-refractivity contribution < 1.29 is 9.90 Å². The van der Waals surface area contributed by atoms with Gasteiger partial charge in [0.1, 0.15) is 5.82 Å². The molecule has 1 aliphatic carbocycles. The van der Waals surface area contributed by atoms with Crippen LogP contribution >= 0.6 is 0 Å². The average molecular weight is 284 g/mol. The van der Waals surface area contributed by atoms with Crippen LogP contribution < -0.4 is 5.32 Å². The number of hydrogen-bond acceptors (Lipinski definition) is 3. The Hall–Kier alpha value is -2.10. The van der Waals surface area contributed by atoms with Crippen LogP contribution in [0.25, 0.3) is 10.8 Å². The molecule has 21 heavy (non-hydrogen) atoms. The van der Waals surface area contributed by atoms with Crippen LogP contribution in [0.1, 0.15) is 48.9 Å². The maximum atomic E-state index is 11.3. The predicted octanol–water partition coefficient (Wildman–Crippen LogP) is 4.07. The normalized spacial score (nSPS) is 16.6. The van der Waals surface area contributed by atoms with Gasteiger partial charge in [-0.1, -0.05) is 49.9 Å². The number of anilines is 1. The molecule has 0 radical (unpaired) electrons. The number of carboxylic acids is 1. The van der Waals surface area contributed by atoms with Crippen LogP contribution in [0.15, 0.2) is 30.5 Å². The Morgan fingerprint density at radius 1 is 1.10 bits per heavy atom. The third kappa shape index (κ3) is 2.99. The van der Waals surface area contributed by atoms with Crippen molar-refractivity contribution in [1.29, 1.82) is 0 Å². The van der Waals surface area contributed by atoms with E-state index in [-0.39, 0.29) is 5.56 Å². The Labute approximate surface area is 124 Å². The first-order valence-corrected chi connectivity index (χ1v) is 7.63. The van der Waals surface area contributed by atoms with Crippen molar-refractivity contribution in [3.05, 3.63) is 36.0 Å². The van der Waals surface area contributed by atoms with Crippen LogP contribution in [-0.2, 0) is 0 Å². The molecule has 2 aromatic rings. The van der Waals surface area contributed by atoms with E-state index in [4.69, 9.17) is 0 Å². The Morgan fingerprint density at radius 3 is 2.43 bits per heavy atom. The molecular formula is C17H20N2O2. The van der Waals surface area contributed by atoms with Crippen molar-refractivity contribution in [2.75, 3.05) is 5.32 Å². The fourth-order valence-electron chi connectivity index (χ4n) is 3.10. The van der Waals surface area contributed by atoms with Crippen molar-refractivity contribution >= 4 is 22.6 Å². The van der Waals surface area contributed by atoms with Gasteiger partial charge in [-0.3, -0.25) is 0 Å². The van der Waals surface area contributed by atoms with Crippen LogP contribution in [0.4, 0.5) is 5.82 Å². The summed E-state index contributed by atoms with van der Waals surface area (Å²) in [7, 11) is 0. The Bertz CT molecular complexity index is 646. The molecule has 110 valence electrons. The molecule has 1 saturated carbocycles. The van der Waals surface area contributed by atoms with Gasteiger partial charge < -0.3 is 10.4 Å². The third-order valence-electron chi connectivity index (χ3n) is 4.22. The lowest BCUT2D eigenvalue weighted by molar-refractivity contribution is 0.0698. The quantitative estimate of drug-likeness (QED) is 0.834. The monoisotopic (exact) mass is 284 g/mol. The summed E-state index contributed by atoms with van der Waals surface area (Å²) < 4.78 is 0. The van der Waals surface area contributed by atoms with Crippen molar-refractivity contribution in [1.82, 2.24) is 4.98 Å². The summed E-state index contributed by atoms with van der Waals surface area (Å²) in [6.07, 6.45) is 8.91. The van der Waals surface area contributed by atoms with Crippen LogP contribution in [0.2, 0.25) is 0 Å². The van der Waals surface area contributed by atoms with Crippen LogP contribution in [0.3, 0.4) is 0 Å². The van der Waals surface area contributed by atoms with E-state index in [1.807, 2.05) is 24.3 Å². The highest BCUT2D eigenvalue weighted by molar-refractivity contribution is 6.06. The first kappa shape index (κ1) is 13.9. The number of benzene rings is 1. The van der Waals surface area contributed by atoms with Crippen molar-refractivity contribution in [3.63, 3.8) is 0 Å². The van der Waals surface area contributed by atoms with Crippen molar-refractivity contribution in [3.8, 4) is 0 Å². The van der Waals surface area contributed by atoms with E-state index in [1.165, 1.54) is 31.9 Å². The van der Waals surface area contributed by atoms with E-state index in [9.17, 15) is 9.90 Å². The summed E-state index contributed by atoms with van der Waals surface area (Å²) in [5.74, 6) is -0.123. The molecule has 2 N–H and O–H groups in total. The molecule has 0 bridgehead atoms. The van der Waals surface area contributed by atoms with E-state index < -0.39 is 5.97 Å². The minimum absolute atomic E-state index is 0.261. The van der Waals surface area contributed by atoms with Gasteiger partial charge in [0.2, 0.25) is 0 Å². The predicted molar refractivity (Wildman–Crippen MR) is 83.8 cm³/mol. The maximum Gasteiger partial charge on any atom is 0.337 e. The molecule has 0 aliphatic heterocycles. The number of hydrogen-bond donors (Lipinski definition) is 2. The number of pyridine rings is 1. The third-order valence-corrected chi connectivity index (χ3v) is 4.22. The lowest BCUT2D eigenvalue weighted by Gasteiger charge is -2.18. The summed E-state index contributed by atoms with van der Waals surface area (Å²) in [6, 6.07) is 8.02. The summed E-state index contributed by atoms with van der Waals surface area (Å²) in [5.41, 5.74) is 0.261. The van der Waals surface area contributed by atoms with Gasteiger partial charge in [0.05, 0.1) is 5.56 Å². The van der Waals surface area contributed by atoms with Crippen molar-refractivity contribution in [2.45, 2.75) is 44.6 Å². The lowest BCUT2D eigenvalue weighted by atomic mass is 10.1. The Balaban J connectivity index is 1.95. The highest BCUT2D eigenvalue weighted by atomic mass is 16.4. The number of aromatic nitrogens is 1. The van der Waals surface area contributed by atoms with Gasteiger partial charge in [-0.2, -0.15) is 0 Å². The number of carbonyl (C=O) groups is 1. The molecule has 1 aliphatic rings. The molecule has 1 fully saturated rings.